The maximum absolute atomic E-state index is 12.9. The Hall–Kier alpha value is -1.47. The topological polar surface area (TPSA) is 36.4 Å². The van der Waals surface area contributed by atoms with E-state index in [4.69, 9.17) is 4.98 Å². The van der Waals surface area contributed by atoms with Gasteiger partial charge in [-0.05, 0) is 56.6 Å². The van der Waals surface area contributed by atoms with Crippen molar-refractivity contribution in [2.45, 2.75) is 20.3 Å². The van der Waals surface area contributed by atoms with E-state index >= 15 is 0 Å². The first-order valence-corrected chi connectivity index (χ1v) is 9.99. The van der Waals surface area contributed by atoms with Crippen molar-refractivity contribution >= 4 is 56.3 Å². The van der Waals surface area contributed by atoms with Crippen LogP contribution < -0.4 is 4.90 Å². The number of halogens is 1. The van der Waals surface area contributed by atoms with Crippen LogP contribution in [0.1, 0.15) is 16.0 Å². The molecular formula is C19H24ClN3OS2. The summed E-state index contributed by atoms with van der Waals surface area (Å²) in [5.41, 5.74) is 3.44. The van der Waals surface area contributed by atoms with Gasteiger partial charge in [0.2, 0.25) is 5.91 Å². The monoisotopic (exact) mass is 409 g/mol. The molecule has 0 unspecified atom stereocenters. The summed E-state index contributed by atoms with van der Waals surface area (Å²) in [6.45, 7) is 5.65. The third kappa shape index (κ3) is 4.62. The quantitative estimate of drug-likeness (QED) is 0.599. The molecule has 1 aromatic carbocycles. The minimum Gasteiger partial charge on any atom is -0.308 e. The standard InChI is InChI=1S/C19H23N3OS2.ClH/c1-13-7-8-16-18(14(13)2)20-19(25-16)22(10-9-21(3)4)17(23)12-15-6-5-11-24-15;/h5-8,11H,9-10,12H2,1-4H3;1H. The Morgan fingerprint density at radius 2 is 1.92 bits per heavy atom. The van der Waals surface area contributed by atoms with E-state index in [0.29, 0.717) is 13.0 Å². The summed E-state index contributed by atoms with van der Waals surface area (Å²) in [7, 11) is 4.04. The van der Waals surface area contributed by atoms with Gasteiger partial charge in [0.05, 0.1) is 16.6 Å². The van der Waals surface area contributed by atoms with Crippen LogP contribution in [0.25, 0.3) is 10.2 Å². The van der Waals surface area contributed by atoms with Crippen molar-refractivity contribution in [3.8, 4) is 0 Å². The second-order valence-electron chi connectivity index (χ2n) is 6.46. The lowest BCUT2D eigenvalue weighted by Crippen LogP contribution is -2.37. The number of thiazole rings is 1. The van der Waals surface area contributed by atoms with E-state index in [1.807, 2.05) is 36.5 Å². The summed E-state index contributed by atoms with van der Waals surface area (Å²) in [6, 6.07) is 8.23. The molecule has 3 aromatic rings. The van der Waals surface area contributed by atoms with Crippen LogP contribution in [0, 0.1) is 13.8 Å². The van der Waals surface area contributed by atoms with Gasteiger partial charge in [-0.15, -0.1) is 23.7 Å². The highest BCUT2D eigenvalue weighted by Crippen LogP contribution is 2.32. The fraction of sp³-hybridized carbons (Fsp3) is 0.368. The van der Waals surface area contributed by atoms with Gasteiger partial charge in [0.15, 0.2) is 5.13 Å². The van der Waals surface area contributed by atoms with Gasteiger partial charge >= 0.3 is 0 Å². The van der Waals surface area contributed by atoms with Crippen LogP contribution in [0.3, 0.4) is 0 Å². The number of nitrogens with zero attached hydrogens (tertiary/aromatic N) is 3. The number of fused-ring (bicyclic) bond motifs is 1. The zero-order valence-corrected chi connectivity index (χ0v) is 17.9. The van der Waals surface area contributed by atoms with Crippen molar-refractivity contribution in [1.29, 1.82) is 0 Å². The van der Waals surface area contributed by atoms with Gasteiger partial charge in [-0.1, -0.05) is 23.5 Å². The number of anilines is 1. The van der Waals surface area contributed by atoms with E-state index in [2.05, 4.69) is 30.9 Å². The second-order valence-corrected chi connectivity index (χ2v) is 8.50. The fourth-order valence-electron chi connectivity index (χ4n) is 2.61. The molecule has 0 aliphatic heterocycles. The minimum absolute atomic E-state index is 0. The average Bonchev–Trinajstić information content (AvgIpc) is 3.21. The van der Waals surface area contributed by atoms with Gasteiger partial charge in [-0.3, -0.25) is 9.69 Å². The fourth-order valence-corrected chi connectivity index (χ4v) is 4.38. The number of hydrogen-bond donors (Lipinski definition) is 0. The highest BCUT2D eigenvalue weighted by atomic mass is 35.5. The van der Waals surface area contributed by atoms with Gasteiger partial charge in [-0.25, -0.2) is 4.98 Å². The Balaban J connectivity index is 0.00000243. The number of carbonyl (C=O) groups is 1. The van der Waals surface area contributed by atoms with Crippen molar-refractivity contribution in [2.24, 2.45) is 0 Å². The van der Waals surface area contributed by atoms with Gasteiger partial charge in [-0.2, -0.15) is 0 Å². The molecule has 26 heavy (non-hydrogen) atoms. The van der Waals surface area contributed by atoms with Crippen molar-refractivity contribution in [1.82, 2.24) is 9.88 Å². The third-order valence-electron chi connectivity index (χ3n) is 4.28. The predicted octanol–water partition coefficient (Wildman–Crippen LogP) is 4.53. The molecule has 3 rings (SSSR count). The van der Waals surface area contributed by atoms with E-state index in [-0.39, 0.29) is 18.3 Å². The average molecular weight is 410 g/mol. The third-order valence-corrected chi connectivity index (χ3v) is 6.20. The number of aromatic nitrogens is 1. The summed E-state index contributed by atoms with van der Waals surface area (Å²) in [5.74, 6) is 0.109. The summed E-state index contributed by atoms with van der Waals surface area (Å²) < 4.78 is 1.14. The molecule has 7 heteroatoms. The smallest absolute Gasteiger partial charge is 0.234 e. The number of aryl methyl sites for hydroxylation is 2. The van der Waals surface area contributed by atoms with E-state index in [1.165, 1.54) is 11.1 Å². The van der Waals surface area contributed by atoms with Crippen molar-refractivity contribution in [2.75, 3.05) is 32.1 Å². The van der Waals surface area contributed by atoms with Crippen LogP contribution in [0.4, 0.5) is 5.13 Å². The van der Waals surface area contributed by atoms with Gasteiger partial charge in [0.1, 0.15) is 0 Å². The summed E-state index contributed by atoms with van der Waals surface area (Å²) in [5, 5.41) is 2.81. The van der Waals surface area contributed by atoms with E-state index in [0.717, 1.165) is 26.8 Å². The number of likely N-dealkylation sites (N-methyl/N-ethyl adjacent to an activating group) is 1. The second kappa shape index (κ2) is 8.95. The molecule has 2 heterocycles. The first kappa shape index (κ1) is 20.8. The molecule has 2 aromatic heterocycles. The van der Waals surface area contributed by atoms with Crippen LogP contribution in [0.15, 0.2) is 29.6 Å². The van der Waals surface area contributed by atoms with E-state index in [1.54, 1.807) is 22.7 Å². The van der Waals surface area contributed by atoms with Crippen LogP contribution >= 0.6 is 35.1 Å². The maximum atomic E-state index is 12.9. The lowest BCUT2D eigenvalue weighted by molar-refractivity contribution is -0.118. The molecule has 4 nitrogen and oxygen atoms in total. The molecule has 0 radical (unpaired) electrons. The first-order chi connectivity index (χ1) is 12.0. The number of thiophene rings is 1. The molecule has 1 amide bonds. The molecule has 0 N–H and O–H groups in total. The number of benzene rings is 1. The molecule has 0 bridgehead atoms. The maximum Gasteiger partial charge on any atom is 0.234 e. The van der Waals surface area contributed by atoms with Gasteiger partial charge < -0.3 is 4.90 Å². The molecule has 140 valence electrons. The van der Waals surface area contributed by atoms with Crippen molar-refractivity contribution in [3.63, 3.8) is 0 Å². The van der Waals surface area contributed by atoms with Gasteiger partial charge in [0.25, 0.3) is 0 Å². The Labute approximate surface area is 168 Å². The minimum atomic E-state index is 0. The van der Waals surface area contributed by atoms with E-state index < -0.39 is 0 Å². The molecule has 0 aliphatic rings. The van der Waals surface area contributed by atoms with E-state index in [9.17, 15) is 4.79 Å². The summed E-state index contributed by atoms with van der Waals surface area (Å²) in [6.07, 6.45) is 0.430. The lowest BCUT2D eigenvalue weighted by atomic mass is 10.1. The van der Waals surface area contributed by atoms with Crippen LogP contribution in [-0.2, 0) is 11.2 Å². The van der Waals surface area contributed by atoms with Crippen LogP contribution in [0.5, 0.6) is 0 Å². The largest absolute Gasteiger partial charge is 0.308 e. The van der Waals surface area contributed by atoms with Crippen LogP contribution in [-0.4, -0.2) is 43.0 Å². The van der Waals surface area contributed by atoms with Crippen LogP contribution in [0.2, 0.25) is 0 Å². The predicted molar refractivity (Wildman–Crippen MR) is 115 cm³/mol. The van der Waals surface area contributed by atoms with Gasteiger partial charge in [0, 0.05) is 18.0 Å². The normalized spacial score (nSPS) is 11.0. The number of amides is 1. The number of rotatable bonds is 6. The summed E-state index contributed by atoms with van der Waals surface area (Å²) in [4.78, 5) is 22.8. The Bertz CT molecular complexity index is 874. The zero-order valence-electron chi connectivity index (χ0n) is 15.5. The summed E-state index contributed by atoms with van der Waals surface area (Å²) >= 11 is 3.22. The molecule has 0 fully saturated rings. The number of hydrogen-bond acceptors (Lipinski definition) is 5. The lowest BCUT2D eigenvalue weighted by Gasteiger charge is -2.21. The SMILES string of the molecule is Cc1ccc2sc(N(CCN(C)C)C(=O)Cc3cccs3)nc2c1C.Cl. The Kier molecular flexibility index (Phi) is 7.17. The van der Waals surface area contributed by atoms with Crippen molar-refractivity contribution < 1.29 is 4.79 Å². The highest BCUT2D eigenvalue weighted by molar-refractivity contribution is 7.22. The van der Waals surface area contributed by atoms with Crippen molar-refractivity contribution in [3.05, 3.63) is 45.6 Å². The first-order valence-electron chi connectivity index (χ1n) is 8.30. The Morgan fingerprint density at radius 1 is 1.15 bits per heavy atom. The molecule has 0 saturated heterocycles. The Morgan fingerprint density at radius 3 is 2.58 bits per heavy atom. The molecular weight excluding hydrogens is 386 g/mol. The molecule has 0 saturated carbocycles. The molecule has 0 aliphatic carbocycles. The zero-order chi connectivity index (χ0) is 18.0. The highest BCUT2D eigenvalue weighted by Gasteiger charge is 2.21. The molecule has 0 spiro atoms. The molecule has 0 atom stereocenters. The number of carbonyl (C=O) groups excluding carboxylic acids is 1.